The summed E-state index contributed by atoms with van der Waals surface area (Å²) < 4.78 is 1.20. The van der Waals surface area contributed by atoms with Crippen LogP contribution in [0.1, 0.15) is 20.8 Å². The van der Waals surface area contributed by atoms with Crippen molar-refractivity contribution in [1.29, 1.82) is 0 Å². The second-order valence-corrected chi connectivity index (χ2v) is 4.97. The van der Waals surface area contributed by atoms with Gasteiger partial charge in [-0.25, -0.2) is 0 Å². The van der Waals surface area contributed by atoms with Gasteiger partial charge in [-0.1, -0.05) is 28.1 Å². The molecule has 0 aliphatic rings. The van der Waals surface area contributed by atoms with E-state index in [1.54, 1.807) is 11.3 Å². The molecule has 0 atom stereocenters. The van der Waals surface area contributed by atoms with Crippen molar-refractivity contribution in [2.24, 2.45) is 0 Å². The Morgan fingerprint density at radius 1 is 1.50 bits per heavy atom. The van der Waals surface area contributed by atoms with Gasteiger partial charge in [0.05, 0.1) is 0 Å². The highest BCUT2D eigenvalue weighted by Gasteiger charge is 2.07. The lowest BCUT2D eigenvalue weighted by Gasteiger charge is -1.95. The van der Waals surface area contributed by atoms with Crippen LogP contribution < -0.4 is 0 Å². The topological polar surface area (TPSA) is 17.1 Å². The molecule has 2 aromatic rings. The van der Waals surface area contributed by atoms with Crippen molar-refractivity contribution in [3.05, 3.63) is 34.2 Å². The minimum absolute atomic E-state index is 0.839. The third kappa shape index (κ3) is 1.51. The molecular weight excluding hydrogens is 260 g/mol. The number of hydrogen-bond donors (Lipinski definition) is 0. The lowest BCUT2D eigenvalue weighted by Crippen LogP contribution is -1.80. The molecule has 2 rings (SSSR count). The van der Waals surface area contributed by atoms with Gasteiger partial charge in [0.15, 0.2) is 6.29 Å². The summed E-state index contributed by atoms with van der Waals surface area (Å²) in [6, 6.07) is 6.21. The van der Waals surface area contributed by atoms with Crippen LogP contribution in [0.4, 0.5) is 0 Å². The van der Waals surface area contributed by atoms with Gasteiger partial charge in [0.2, 0.25) is 0 Å². The van der Waals surface area contributed by atoms with Crippen LogP contribution in [-0.4, -0.2) is 6.29 Å². The zero-order valence-electron chi connectivity index (χ0n) is 7.71. The first-order valence-corrected chi connectivity index (χ1v) is 6.23. The minimum Gasteiger partial charge on any atom is -0.298 e. The summed E-state index contributed by atoms with van der Waals surface area (Å²) >= 11 is 5.10. The molecule has 14 heavy (non-hydrogen) atoms. The molecule has 0 amide bonds. The van der Waals surface area contributed by atoms with Crippen LogP contribution in [0.15, 0.2) is 18.2 Å². The predicted molar refractivity (Wildman–Crippen MR) is 64.6 cm³/mol. The zero-order chi connectivity index (χ0) is 10.1. The molecule has 1 aromatic heterocycles. The first kappa shape index (κ1) is 9.87. The quantitative estimate of drug-likeness (QED) is 0.596. The Morgan fingerprint density at radius 3 is 2.93 bits per heavy atom. The second-order valence-electron chi connectivity index (χ2n) is 3.15. The van der Waals surface area contributed by atoms with Gasteiger partial charge in [-0.15, -0.1) is 11.3 Å². The van der Waals surface area contributed by atoms with Crippen molar-refractivity contribution in [3.63, 3.8) is 0 Å². The van der Waals surface area contributed by atoms with Gasteiger partial charge in [-0.2, -0.15) is 0 Å². The summed E-state index contributed by atoms with van der Waals surface area (Å²) in [6.07, 6.45) is 0.946. The van der Waals surface area contributed by atoms with E-state index >= 15 is 0 Å². The van der Waals surface area contributed by atoms with Gasteiger partial charge in [0.25, 0.3) is 0 Å². The SMILES string of the molecule is Cc1sc2cc(CBr)ccc2c1C=O. The Kier molecular flexibility index (Phi) is 2.70. The van der Waals surface area contributed by atoms with E-state index in [4.69, 9.17) is 0 Å². The fourth-order valence-corrected chi connectivity index (χ4v) is 2.96. The molecule has 0 aliphatic carbocycles. The zero-order valence-corrected chi connectivity index (χ0v) is 10.1. The van der Waals surface area contributed by atoms with Gasteiger partial charge in [0, 0.05) is 25.9 Å². The van der Waals surface area contributed by atoms with Crippen molar-refractivity contribution in [3.8, 4) is 0 Å². The number of benzene rings is 1. The fraction of sp³-hybridized carbons (Fsp3) is 0.182. The van der Waals surface area contributed by atoms with Crippen LogP contribution in [0.5, 0.6) is 0 Å². The normalized spacial score (nSPS) is 10.7. The van der Waals surface area contributed by atoms with Gasteiger partial charge >= 0.3 is 0 Å². The highest BCUT2D eigenvalue weighted by Crippen LogP contribution is 2.30. The number of aryl methyl sites for hydroxylation is 1. The van der Waals surface area contributed by atoms with E-state index in [0.717, 1.165) is 27.4 Å². The molecule has 0 spiro atoms. The Bertz CT molecular complexity index is 487. The minimum atomic E-state index is 0.839. The van der Waals surface area contributed by atoms with E-state index in [0.29, 0.717) is 0 Å². The molecule has 1 nitrogen and oxygen atoms in total. The molecular formula is C11H9BrOS. The van der Waals surface area contributed by atoms with Gasteiger partial charge in [-0.05, 0) is 18.6 Å². The predicted octanol–water partition coefficient (Wildman–Crippen LogP) is 3.92. The molecule has 1 aromatic carbocycles. The van der Waals surface area contributed by atoms with Crippen LogP contribution in [0.3, 0.4) is 0 Å². The third-order valence-corrected chi connectivity index (χ3v) is 3.98. The molecule has 3 heteroatoms. The van der Waals surface area contributed by atoms with Crippen molar-refractivity contribution in [2.75, 3.05) is 0 Å². The van der Waals surface area contributed by atoms with Crippen LogP contribution in [0.25, 0.3) is 10.1 Å². The highest BCUT2D eigenvalue weighted by atomic mass is 79.9. The number of alkyl halides is 1. The summed E-state index contributed by atoms with van der Waals surface area (Å²) in [5.41, 5.74) is 2.09. The molecule has 0 bridgehead atoms. The summed E-state index contributed by atoms with van der Waals surface area (Å²) in [4.78, 5) is 12.0. The average molecular weight is 269 g/mol. The third-order valence-electron chi connectivity index (χ3n) is 2.25. The van der Waals surface area contributed by atoms with Crippen molar-refractivity contribution in [2.45, 2.75) is 12.3 Å². The number of rotatable bonds is 2. The maximum absolute atomic E-state index is 10.9. The molecule has 0 aliphatic heterocycles. The van der Waals surface area contributed by atoms with Crippen LogP contribution in [0, 0.1) is 6.92 Å². The molecule has 0 unspecified atom stereocenters. The van der Waals surface area contributed by atoms with Crippen LogP contribution in [0.2, 0.25) is 0 Å². The second kappa shape index (κ2) is 3.83. The van der Waals surface area contributed by atoms with Crippen molar-refractivity contribution < 1.29 is 4.79 Å². The largest absolute Gasteiger partial charge is 0.298 e. The Hall–Kier alpha value is -0.670. The van der Waals surface area contributed by atoms with E-state index < -0.39 is 0 Å². The maximum Gasteiger partial charge on any atom is 0.151 e. The highest BCUT2D eigenvalue weighted by molar-refractivity contribution is 9.08. The first-order chi connectivity index (χ1) is 6.76. The Balaban J connectivity index is 2.74. The molecule has 0 saturated heterocycles. The van der Waals surface area contributed by atoms with Gasteiger partial charge < -0.3 is 0 Å². The molecule has 1 heterocycles. The van der Waals surface area contributed by atoms with Gasteiger partial charge in [0.1, 0.15) is 0 Å². The summed E-state index contributed by atoms with van der Waals surface area (Å²) in [5.74, 6) is 0. The molecule has 0 saturated carbocycles. The van der Waals surface area contributed by atoms with Gasteiger partial charge in [-0.3, -0.25) is 4.79 Å². The number of thiophene rings is 1. The summed E-state index contributed by atoms with van der Waals surface area (Å²) in [6.45, 7) is 1.99. The number of carbonyl (C=O) groups excluding carboxylic acids is 1. The number of fused-ring (bicyclic) bond motifs is 1. The standard InChI is InChI=1S/C11H9BrOS/c1-7-10(6-13)9-3-2-8(5-12)4-11(9)14-7/h2-4,6H,5H2,1H3. The van der Waals surface area contributed by atoms with Crippen molar-refractivity contribution in [1.82, 2.24) is 0 Å². The first-order valence-electron chi connectivity index (χ1n) is 4.29. The lowest BCUT2D eigenvalue weighted by molar-refractivity contribution is 0.112. The Labute approximate surface area is 94.9 Å². The molecule has 0 radical (unpaired) electrons. The number of hydrogen-bond acceptors (Lipinski definition) is 2. The van der Waals surface area contributed by atoms with Crippen LogP contribution in [-0.2, 0) is 5.33 Å². The average Bonchev–Trinajstić information content (AvgIpc) is 2.51. The fourth-order valence-electron chi connectivity index (χ4n) is 1.51. The maximum atomic E-state index is 10.9. The molecule has 0 N–H and O–H groups in total. The summed E-state index contributed by atoms with van der Waals surface area (Å²) in [7, 11) is 0. The monoisotopic (exact) mass is 268 g/mol. The Morgan fingerprint density at radius 2 is 2.29 bits per heavy atom. The number of aldehydes is 1. The van der Waals surface area contributed by atoms with E-state index in [9.17, 15) is 4.79 Å². The van der Waals surface area contributed by atoms with E-state index in [-0.39, 0.29) is 0 Å². The smallest absolute Gasteiger partial charge is 0.151 e. The van der Waals surface area contributed by atoms with E-state index in [1.165, 1.54) is 10.3 Å². The van der Waals surface area contributed by atoms with E-state index in [2.05, 4.69) is 28.1 Å². The molecule has 0 fully saturated rings. The van der Waals surface area contributed by atoms with Crippen LogP contribution >= 0.6 is 27.3 Å². The van der Waals surface area contributed by atoms with E-state index in [1.807, 2.05) is 13.0 Å². The van der Waals surface area contributed by atoms with Crippen molar-refractivity contribution >= 4 is 43.6 Å². The lowest BCUT2D eigenvalue weighted by atomic mass is 10.1. The summed E-state index contributed by atoms with van der Waals surface area (Å²) in [5, 5.41) is 1.93. The molecule has 72 valence electrons. The number of halogens is 1. The number of carbonyl (C=O) groups is 1.